The van der Waals surface area contributed by atoms with Crippen molar-refractivity contribution < 1.29 is 0 Å². The topological polar surface area (TPSA) is 27.0 Å². The molecule has 0 radical (unpaired) electrons. The average Bonchev–Trinajstić information content (AvgIpc) is 2.63. The van der Waals surface area contributed by atoms with Gasteiger partial charge in [0.25, 0.3) is 0 Å². The Labute approximate surface area is 118 Å². The van der Waals surface area contributed by atoms with E-state index in [1.165, 1.54) is 19.3 Å². The number of anilines is 1. The number of halogens is 1. The molecule has 2 nitrogen and oxygen atoms in total. The largest absolute Gasteiger partial charge is 0.369 e. The smallest absolute Gasteiger partial charge is 0.101 e. The molecule has 0 aromatic heterocycles. The minimum Gasteiger partial charge on any atom is -0.369 e. The summed E-state index contributed by atoms with van der Waals surface area (Å²) < 4.78 is 0. The van der Waals surface area contributed by atoms with E-state index in [1.807, 2.05) is 23.9 Å². The van der Waals surface area contributed by atoms with Crippen LogP contribution in [0.3, 0.4) is 0 Å². The third kappa shape index (κ3) is 3.13. The van der Waals surface area contributed by atoms with Gasteiger partial charge in [-0.15, -0.1) is 0 Å². The summed E-state index contributed by atoms with van der Waals surface area (Å²) in [6, 6.07) is 7.86. The van der Waals surface area contributed by atoms with Gasteiger partial charge in [0.15, 0.2) is 0 Å². The third-order valence-corrected chi connectivity index (χ3v) is 4.67. The summed E-state index contributed by atoms with van der Waals surface area (Å²) in [5, 5.41) is 10.5. The number of nitrogens with zero attached hydrogens (tertiary/aromatic N) is 2. The molecule has 1 atom stereocenters. The molecule has 0 saturated carbocycles. The normalized spacial score (nSPS) is 20.3. The first-order valence-corrected chi connectivity index (χ1v) is 7.88. The van der Waals surface area contributed by atoms with E-state index in [1.54, 1.807) is 6.07 Å². The highest BCUT2D eigenvalue weighted by Gasteiger charge is 2.19. The lowest BCUT2D eigenvalue weighted by molar-refractivity contribution is 0.736. The van der Waals surface area contributed by atoms with E-state index < -0.39 is 0 Å². The molecule has 1 unspecified atom stereocenters. The van der Waals surface area contributed by atoms with Gasteiger partial charge >= 0.3 is 0 Å². The second-order valence-corrected chi connectivity index (χ2v) is 6.15. The number of hydrogen-bond acceptors (Lipinski definition) is 3. The van der Waals surface area contributed by atoms with Crippen molar-refractivity contribution in [3.63, 3.8) is 0 Å². The molecule has 1 aliphatic heterocycles. The van der Waals surface area contributed by atoms with Gasteiger partial charge < -0.3 is 4.90 Å². The molecule has 2 rings (SSSR count). The maximum absolute atomic E-state index is 9.23. The van der Waals surface area contributed by atoms with Gasteiger partial charge in [-0.25, -0.2) is 0 Å². The molecular formula is C14H17ClN2S. The van der Waals surface area contributed by atoms with Gasteiger partial charge in [-0.2, -0.15) is 17.0 Å². The van der Waals surface area contributed by atoms with Gasteiger partial charge in [0.1, 0.15) is 6.07 Å². The molecule has 0 N–H and O–H groups in total. The highest BCUT2D eigenvalue weighted by atomic mass is 35.5. The minimum absolute atomic E-state index is 0.631. The van der Waals surface area contributed by atoms with Crippen molar-refractivity contribution in [2.24, 2.45) is 0 Å². The molecule has 0 spiro atoms. The number of nitriles is 1. The quantitative estimate of drug-likeness (QED) is 0.821. The molecule has 1 aromatic rings. The van der Waals surface area contributed by atoms with Crippen LogP contribution in [0.5, 0.6) is 0 Å². The number of rotatable bonds is 2. The monoisotopic (exact) mass is 280 g/mol. The summed E-state index contributed by atoms with van der Waals surface area (Å²) in [5.41, 5.74) is 1.71. The highest BCUT2D eigenvalue weighted by molar-refractivity contribution is 7.99. The molecular weight excluding hydrogens is 264 g/mol. The van der Waals surface area contributed by atoms with E-state index in [0.717, 1.165) is 18.8 Å². The van der Waals surface area contributed by atoms with Crippen molar-refractivity contribution in [1.82, 2.24) is 0 Å². The molecule has 18 heavy (non-hydrogen) atoms. The van der Waals surface area contributed by atoms with Gasteiger partial charge in [-0.05, 0) is 37.3 Å². The van der Waals surface area contributed by atoms with Gasteiger partial charge in [-0.1, -0.05) is 18.0 Å². The lowest BCUT2D eigenvalue weighted by Gasteiger charge is -2.26. The molecule has 0 amide bonds. The summed E-state index contributed by atoms with van der Waals surface area (Å²) in [4.78, 5) is 2.34. The Hall–Kier alpha value is -0.850. The van der Waals surface area contributed by atoms with Crippen LogP contribution in [0.25, 0.3) is 0 Å². The van der Waals surface area contributed by atoms with Crippen LogP contribution in [0.2, 0.25) is 5.02 Å². The lowest BCUT2D eigenvalue weighted by Crippen LogP contribution is -2.30. The zero-order valence-corrected chi connectivity index (χ0v) is 12.1. The summed E-state index contributed by atoms with van der Waals surface area (Å²) in [6.45, 7) is 2.06. The summed E-state index contributed by atoms with van der Waals surface area (Å²) in [7, 11) is 0. The van der Waals surface area contributed by atoms with Crippen LogP contribution in [0.4, 0.5) is 5.69 Å². The van der Waals surface area contributed by atoms with E-state index in [2.05, 4.69) is 17.2 Å². The maximum Gasteiger partial charge on any atom is 0.101 e. The van der Waals surface area contributed by atoms with E-state index in [4.69, 9.17) is 11.6 Å². The van der Waals surface area contributed by atoms with Crippen LogP contribution in [0.1, 0.15) is 24.8 Å². The van der Waals surface area contributed by atoms with Crippen molar-refractivity contribution in [3.05, 3.63) is 28.8 Å². The fourth-order valence-electron chi connectivity index (χ4n) is 2.39. The lowest BCUT2D eigenvalue weighted by atomic mass is 10.1. The van der Waals surface area contributed by atoms with E-state index in [9.17, 15) is 5.26 Å². The standard InChI is InChI=1S/C14H17ClN2S/c1-18-13-4-2-3-7-17(10-13)14-6-5-12(15)8-11(14)9-16/h5-6,8,13H,2-4,7,10H2,1H3. The Balaban J connectivity index is 2.26. The zero-order valence-electron chi connectivity index (χ0n) is 10.5. The zero-order chi connectivity index (χ0) is 13.0. The van der Waals surface area contributed by atoms with Crippen LogP contribution in [0, 0.1) is 11.3 Å². The van der Waals surface area contributed by atoms with Crippen molar-refractivity contribution in [2.75, 3.05) is 24.2 Å². The molecule has 1 aliphatic rings. The van der Waals surface area contributed by atoms with Gasteiger partial charge in [0.05, 0.1) is 11.3 Å². The summed E-state index contributed by atoms with van der Waals surface area (Å²) in [5.74, 6) is 0. The van der Waals surface area contributed by atoms with E-state index >= 15 is 0 Å². The van der Waals surface area contributed by atoms with E-state index in [-0.39, 0.29) is 0 Å². The van der Waals surface area contributed by atoms with Crippen LogP contribution >= 0.6 is 23.4 Å². The Kier molecular flexibility index (Phi) is 4.79. The van der Waals surface area contributed by atoms with Crippen LogP contribution in [-0.4, -0.2) is 24.6 Å². The summed E-state index contributed by atoms with van der Waals surface area (Å²) >= 11 is 7.87. The van der Waals surface area contributed by atoms with Crippen LogP contribution in [-0.2, 0) is 0 Å². The molecule has 0 aliphatic carbocycles. The van der Waals surface area contributed by atoms with Crippen molar-refractivity contribution in [3.8, 4) is 6.07 Å². The first-order chi connectivity index (χ1) is 8.74. The van der Waals surface area contributed by atoms with Crippen molar-refractivity contribution in [2.45, 2.75) is 24.5 Å². The predicted molar refractivity (Wildman–Crippen MR) is 79.5 cm³/mol. The van der Waals surface area contributed by atoms with Crippen LogP contribution in [0.15, 0.2) is 18.2 Å². The van der Waals surface area contributed by atoms with E-state index in [0.29, 0.717) is 15.8 Å². The Bertz CT molecular complexity index is 456. The molecule has 0 bridgehead atoms. The third-order valence-electron chi connectivity index (χ3n) is 3.38. The Morgan fingerprint density at radius 1 is 1.44 bits per heavy atom. The van der Waals surface area contributed by atoms with Gasteiger partial charge in [0, 0.05) is 23.4 Å². The fourth-order valence-corrected chi connectivity index (χ4v) is 3.29. The minimum atomic E-state index is 0.631. The molecule has 1 saturated heterocycles. The molecule has 4 heteroatoms. The van der Waals surface area contributed by atoms with Crippen molar-refractivity contribution in [1.29, 1.82) is 5.26 Å². The van der Waals surface area contributed by atoms with Crippen LogP contribution < -0.4 is 4.90 Å². The second kappa shape index (κ2) is 6.36. The molecule has 1 aromatic carbocycles. The fraction of sp³-hybridized carbons (Fsp3) is 0.500. The Morgan fingerprint density at radius 2 is 2.28 bits per heavy atom. The highest BCUT2D eigenvalue weighted by Crippen LogP contribution is 2.28. The Morgan fingerprint density at radius 3 is 3.00 bits per heavy atom. The number of benzene rings is 1. The first kappa shape index (κ1) is 13.6. The van der Waals surface area contributed by atoms with Crippen molar-refractivity contribution >= 4 is 29.1 Å². The molecule has 1 fully saturated rings. The summed E-state index contributed by atoms with van der Waals surface area (Å²) in [6.07, 6.45) is 5.91. The molecule has 96 valence electrons. The maximum atomic E-state index is 9.23. The average molecular weight is 281 g/mol. The second-order valence-electron chi connectivity index (χ2n) is 4.57. The first-order valence-electron chi connectivity index (χ1n) is 6.22. The van der Waals surface area contributed by atoms with Gasteiger partial charge in [0.2, 0.25) is 0 Å². The number of thioether (sulfide) groups is 1. The SMILES string of the molecule is CSC1CCCCN(c2ccc(Cl)cc2C#N)C1. The predicted octanol–water partition coefficient (Wildman–Crippen LogP) is 3.93. The number of hydrogen-bond donors (Lipinski definition) is 0. The van der Waals surface area contributed by atoms with Gasteiger partial charge in [-0.3, -0.25) is 0 Å². The molecule has 1 heterocycles.